The lowest BCUT2D eigenvalue weighted by Crippen LogP contribution is -2.43. The Labute approximate surface area is 198 Å². The summed E-state index contributed by atoms with van der Waals surface area (Å²) in [5.41, 5.74) is 1.37. The van der Waals surface area contributed by atoms with Crippen LogP contribution in [0.5, 0.6) is 0 Å². The second-order valence-electron chi connectivity index (χ2n) is 9.56. The monoisotopic (exact) mass is 472 g/mol. The molecular weight excluding hydrogens is 447 g/mol. The van der Waals surface area contributed by atoms with Gasteiger partial charge in [0.15, 0.2) is 0 Å². The van der Waals surface area contributed by atoms with Crippen molar-refractivity contribution in [3.05, 3.63) is 63.6 Å². The van der Waals surface area contributed by atoms with Gasteiger partial charge in [-0.05, 0) is 67.1 Å². The van der Waals surface area contributed by atoms with Crippen molar-refractivity contribution in [2.45, 2.75) is 47.0 Å². The van der Waals surface area contributed by atoms with Crippen LogP contribution in [-0.4, -0.2) is 17.6 Å². The standard InChI is InChI=1S/C25H26Cl2N2O3/c1-15-5-10-18(13-19(15)27)28-22(31)25-12-11-24(4,23(25,2)3)20(14-25)29-32-21(30)16-6-8-17(26)9-7-16/h5-10,13H,11-12,14H2,1-4H3,(H,28,31). The fraction of sp³-hybridized carbons (Fsp3) is 0.400. The van der Waals surface area contributed by atoms with Gasteiger partial charge in [-0.1, -0.05) is 55.2 Å². The van der Waals surface area contributed by atoms with Gasteiger partial charge >= 0.3 is 5.97 Å². The molecule has 5 nitrogen and oxygen atoms in total. The molecule has 4 rings (SSSR count). The van der Waals surface area contributed by atoms with Crippen LogP contribution in [0, 0.1) is 23.2 Å². The van der Waals surface area contributed by atoms with Gasteiger partial charge in [0.1, 0.15) is 0 Å². The number of nitrogens with one attached hydrogen (secondary N) is 1. The molecule has 0 spiro atoms. The molecular formula is C25H26Cl2N2O3. The maximum absolute atomic E-state index is 13.6. The fourth-order valence-electron chi connectivity index (χ4n) is 5.18. The van der Waals surface area contributed by atoms with Crippen molar-refractivity contribution in [2.75, 3.05) is 5.32 Å². The maximum atomic E-state index is 13.6. The SMILES string of the molecule is Cc1ccc(NC(=O)C23CCC(C)(C(=NOC(=O)c4ccc(Cl)cc4)C2)C3(C)C)cc1Cl. The molecule has 1 amide bonds. The minimum absolute atomic E-state index is 0.0552. The van der Waals surface area contributed by atoms with E-state index in [1.807, 2.05) is 19.1 Å². The number of oxime groups is 1. The zero-order chi connectivity index (χ0) is 23.3. The Morgan fingerprint density at radius 1 is 1.03 bits per heavy atom. The number of fused-ring (bicyclic) bond motifs is 2. The summed E-state index contributed by atoms with van der Waals surface area (Å²) in [6.45, 7) is 8.23. The quantitative estimate of drug-likeness (QED) is 0.398. The average Bonchev–Trinajstić information content (AvgIpc) is 3.06. The van der Waals surface area contributed by atoms with Crippen molar-refractivity contribution in [1.82, 2.24) is 0 Å². The molecule has 2 atom stereocenters. The Kier molecular flexibility index (Phi) is 5.62. The summed E-state index contributed by atoms with van der Waals surface area (Å²) in [5.74, 6) is -0.605. The van der Waals surface area contributed by atoms with Gasteiger partial charge in [-0.3, -0.25) is 4.79 Å². The number of carbonyl (C=O) groups excluding carboxylic acids is 2. The molecule has 2 bridgehead atoms. The second kappa shape index (κ2) is 7.89. The lowest BCUT2D eigenvalue weighted by atomic mass is 9.64. The van der Waals surface area contributed by atoms with Crippen molar-refractivity contribution in [3.8, 4) is 0 Å². The molecule has 2 saturated carbocycles. The van der Waals surface area contributed by atoms with Crippen LogP contribution in [0.4, 0.5) is 5.69 Å². The molecule has 0 aromatic heterocycles. The van der Waals surface area contributed by atoms with Crippen LogP contribution in [0.25, 0.3) is 0 Å². The van der Waals surface area contributed by atoms with Crippen LogP contribution in [0.1, 0.15) is 56.0 Å². The zero-order valence-electron chi connectivity index (χ0n) is 18.6. The summed E-state index contributed by atoms with van der Waals surface area (Å²) in [6, 6.07) is 12.0. The molecule has 0 radical (unpaired) electrons. The Morgan fingerprint density at radius 3 is 2.38 bits per heavy atom. The van der Waals surface area contributed by atoms with E-state index in [1.54, 1.807) is 30.3 Å². The third-order valence-corrected chi connectivity index (χ3v) is 8.58. The molecule has 2 aromatic carbocycles. The number of benzene rings is 2. The number of aryl methyl sites for hydroxylation is 1. The molecule has 7 heteroatoms. The van der Waals surface area contributed by atoms with Gasteiger partial charge in [-0.25, -0.2) is 4.79 Å². The lowest BCUT2D eigenvalue weighted by Gasteiger charge is -2.39. The summed E-state index contributed by atoms with van der Waals surface area (Å²) in [4.78, 5) is 31.3. The first-order valence-electron chi connectivity index (χ1n) is 10.6. The molecule has 0 heterocycles. The van der Waals surface area contributed by atoms with E-state index in [-0.39, 0.29) is 16.7 Å². The number of halogens is 2. The van der Waals surface area contributed by atoms with Crippen LogP contribution in [0.15, 0.2) is 47.6 Å². The number of carbonyl (C=O) groups is 2. The lowest BCUT2D eigenvalue weighted by molar-refractivity contribution is -0.130. The topological polar surface area (TPSA) is 67.8 Å². The number of hydrogen-bond acceptors (Lipinski definition) is 4. The molecule has 2 aliphatic carbocycles. The fourth-order valence-corrected chi connectivity index (χ4v) is 5.49. The van der Waals surface area contributed by atoms with E-state index in [0.29, 0.717) is 27.7 Å². The van der Waals surface area contributed by atoms with Gasteiger partial charge in [0.25, 0.3) is 0 Å². The van der Waals surface area contributed by atoms with E-state index in [2.05, 4.69) is 31.2 Å². The van der Waals surface area contributed by atoms with Crippen molar-refractivity contribution in [3.63, 3.8) is 0 Å². The summed E-state index contributed by atoms with van der Waals surface area (Å²) >= 11 is 12.1. The minimum atomic E-state index is -0.648. The molecule has 1 N–H and O–H groups in total. The summed E-state index contributed by atoms with van der Waals surface area (Å²) in [5, 5.41) is 8.48. The summed E-state index contributed by atoms with van der Waals surface area (Å²) in [7, 11) is 0. The Morgan fingerprint density at radius 2 is 1.72 bits per heavy atom. The molecule has 0 saturated heterocycles. The van der Waals surface area contributed by atoms with Gasteiger partial charge in [0, 0.05) is 27.6 Å². The average molecular weight is 473 g/mol. The third-order valence-electron chi connectivity index (χ3n) is 7.92. The molecule has 0 aliphatic heterocycles. The number of nitrogens with zero attached hydrogens (tertiary/aromatic N) is 1. The van der Waals surface area contributed by atoms with E-state index in [0.717, 1.165) is 24.1 Å². The van der Waals surface area contributed by atoms with Crippen LogP contribution in [0.3, 0.4) is 0 Å². The Hall–Kier alpha value is -2.37. The van der Waals surface area contributed by atoms with Crippen molar-refractivity contribution >= 4 is 46.5 Å². The molecule has 168 valence electrons. The smallest absolute Gasteiger partial charge is 0.326 e. The van der Waals surface area contributed by atoms with Crippen molar-refractivity contribution in [1.29, 1.82) is 0 Å². The number of hydrogen-bond donors (Lipinski definition) is 1. The number of rotatable bonds is 4. The molecule has 32 heavy (non-hydrogen) atoms. The first-order valence-corrected chi connectivity index (χ1v) is 11.4. The second-order valence-corrected chi connectivity index (χ2v) is 10.4. The highest BCUT2D eigenvalue weighted by molar-refractivity contribution is 6.31. The predicted molar refractivity (Wildman–Crippen MR) is 127 cm³/mol. The van der Waals surface area contributed by atoms with E-state index >= 15 is 0 Å². The largest absolute Gasteiger partial charge is 0.365 e. The molecule has 2 aliphatic rings. The maximum Gasteiger partial charge on any atom is 0.365 e. The van der Waals surface area contributed by atoms with Crippen LogP contribution >= 0.6 is 23.2 Å². The van der Waals surface area contributed by atoms with Crippen molar-refractivity contribution in [2.24, 2.45) is 21.4 Å². The summed E-state index contributed by atoms with van der Waals surface area (Å²) < 4.78 is 0. The van der Waals surface area contributed by atoms with E-state index in [1.165, 1.54) is 0 Å². The first kappa shape index (κ1) is 22.8. The van der Waals surface area contributed by atoms with Gasteiger partial charge < -0.3 is 10.2 Å². The van der Waals surface area contributed by atoms with Crippen molar-refractivity contribution < 1.29 is 14.4 Å². The Bertz CT molecular complexity index is 1130. The first-order chi connectivity index (χ1) is 15.0. The van der Waals surface area contributed by atoms with Crippen LogP contribution in [-0.2, 0) is 9.63 Å². The van der Waals surface area contributed by atoms with Gasteiger partial charge in [0.05, 0.1) is 16.7 Å². The minimum Gasteiger partial charge on any atom is -0.326 e. The number of amides is 1. The highest BCUT2D eigenvalue weighted by atomic mass is 35.5. The van der Waals surface area contributed by atoms with Crippen LogP contribution < -0.4 is 5.32 Å². The zero-order valence-corrected chi connectivity index (χ0v) is 20.1. The molecule has 2 fully saturated rings. The highest BCUT2D eigenvalue weighted by Gasteiger charge is 2.71. The normalized spacial score (nSPS) is 26.9. The summed E-state index contributed by atoms with van der Waals surface area (Å²) in [6.07, 6.45) is 1.97. The Balaban J connectivity index is 1.58. The molecule has 2 unspecified atom stereocenters. The highest BCUT2D eigenvalue weighted by Crippen LogP contribution is 2.71. The van der Waals surface area contributed by atoms with E-state index in [9.17, 15) is 9.59 Å². The van der Waals surface area contributed by atoms with Crippen LogP contribution in [0.2, 0.25) is 10.0 Å². The van der Waals surface area contributed by atoms with Gasteiger partial charge in [-0.2, -0.15) is 0 Å². The van der Waals surface area contributed by atoms with E-state index < -0.39 is 11.4 Å². The number of anilines is 1. The van der Waals surface area contributed by atoms with Gasteiger partial charge in [-0.15, -0.1) is 0 Å². The van der Waals surface area contributed by atoms with Gasteiger partial charge in [0.2, 0.25) is 5.91 Å². The predicted octanol–water partition coefficient (Wildman–Crippen LogP) is 6.67. The molecule has 2 aromatic rings. The van der Waals surface area contributed by atoms with E-state index in [4.69, 9.17) is 28.0 Å². The third kappa shape index (κ3) is 3.43.